The van der Waals surface area contributed by atoms with E-state index < -0.39 is 16.1 Å². The summed E-state index contributed by atoms with van der Waals surface area (Å²) >= 11 is 6.23. The molecule has 0 bridgehead atoms. The van der Waals surface area contributed by atoms with Crippen molar-refractivity contribution in [3.63, 3.8) is 0 Å². The van der Waals surface area contributed by atoms with Gasteiger partial charge in [-0.1, -0.05) is 59.2 Å². The predicted octanol–water partition coefficient (Wildman–Crippen LogP) is 6.42. The molecule has 4 rings (SSSR count). The maximum absolute atomic E-state index is 12.0. The third-order valence-corrected chi connectivity index (χ3v) is 7.36. The van der Waals surface area contributed by atoms with E-state index in [1.807, 2.05) is 61.5 Å². The topological polar surface area (TPSA) is 97.6 Å². The molecule has 0 aliphatic rings. The fourth-order valence-corrected chi connectivity index (χ4v) is 5.39. The van der Waals surface area contributed by atoms with Crippen LogP contribution in [0.4, 0.5) is 5.69 Å². The molecule has 0 fully saturated rings. The van der Waals surface area contributed by atoms with Gasteiger partial charge in [0.25, 0.3) is 0 Å². The summed E-state index contributed by atoms with van der Waals surface area (Å²) in [6.45, 7) is 1.99. The summed E-state index contributed by atoms with van der Waals surface area (Å²) in [5.74, 6) is -0.150. The minimum Gasteiger partial charge on any atom is -0.318 e. The molecule has 38 heavy (non-hydrogen) atoms. The first-order valence-electron chi connectivity index (χ1n) is 12.0. The number of sulfonamides is 1. The molecule has 1 aromatic heterocycles. The fourth-order valence-electron chi connectivity index (χ4n) is 4.60. The normalized spacial score (nSPS) is 13.1. The number of benzene rings is 3. The summed E-state index contributed by atoms with van der Waals surface area (Å²) in [5.41, 5.74) is 5.98. The van der Waals surface area contributed by atoms with E-state index in [0.717, 1.165) is 34.1 Å². The summed E-state index contributed by atoms with van der Waals surface area (Å²) < 4.78 is 26.9. The first-order valence-corrected chi connectivity index (χ1v) is 14.2. The van der Waals surface area contributed by atoms with Crippen LogP contribution in [0.3, 0.4) is 0 Å². The van der Waals surface area contributed by atoms with E-state index in [0.29, 0.717) is 22.7 Å². The second kappa shape index (κ2) is 11.3. The lowest BCUT2D eigenvalue weighted by Crippen LogP contribution is -2.16. The second-order valence-electron chi connectivity index (χ2n) is 9.40. The number of aromatic nitrogens is 1. The Bertz CT molecular complexity index is 1620. The standard InChI is InChI=1S/C29H28ClN3O4S/c1-19-16-24(30)11-14-26(19)27(17-28(31-35)23-10-15-29(34)33(2)18-23)22-6-4-20(5-7-22)21-8-12-25(13-9-21)32-38(3,36)37/h4-16,18,27-28,32H,17H2,1-3H3/t27-,28?/m0/s1. The molecule has 0 aliphatic carbocycles. The molecule has 3 aromatic carbocycles. The lowest BCUT2D eigenvalue weighted by molar-refractivity contribution is 0.587. The lowest BCUT2D eigenvalue weighted by Gasteiger charge is -2.23. The van der Waals surface area contributed by atoms with E-state index in [2.05, 4.69) is 9.90 Å². The van der Waals surface area contributed by atoms with Crippen LogP contribution in [0, 0.1) is 11.8 Å². The van der Waals surface area contributed by atoms with Gasteiger partial charge in [0.15, 0.2) is 0 Å². The molecule has 1 N–H and O–H groups in total. The maximum Gasteiger partial charge on any atom is 0.250 e. The van der Waals surface area contributed by atoms with E-state index in [4.69, 9.17) is 11.6 Å². The summed E-state index contributed by atoms with van der Waals surface area (Å²) in [7, 11) is -1.69. The average Bonchev–Trinajstić information content (AvgIpc) is 2.87. The van der Waals surface area contributed by atoms with Crippen LogP contribution in [-0.4, -0.2) is 19.2 Å². The number of hydrogen-bond acceptors (Lipinski definition) is 5. The number of aryl methyl sites for hydroxylation is 2. The molecule has 1 unspecified atom stereocenters. The van der Waals surface area contributed by atoms with Crippen molar-refractivity contribution in [2.24, 2.45) is 12.2 Å². The Morgan fingerprint density at radius 3 is 2.08 bits per heavy atom. The Balaban J connectivity index is 1.68. The van der Waals surface area contributed by atoms with Crippen LogP contribution >= 0.6 is 11.6 Å². The third-order valence-electron chi connectivity index (χ3n) is 6.52. The molecule has 0 saturated carbocycles. The number of hydrogen-bond donors (Lipinski definition) is 1. The van der Waals surface area contributed by atoms with Crippen LogP contribution in [0.5, 0.6) is 0 Å². The van der Waals surface area contributed by atoms with Crippen molar-refractivity contribution in [1.82, 2.24) is 4.57 Å². The van der Waals surface area contributed by atoms with E-state index >= 15 is 0 Å². The van der Waals surface area contributed by atoms with Gasteiger partial charge >= 0.3 is 0 Å². The number of pyridine rings is 1. The molecule has 0 amide bonds. The van der Waals surface area contributed by atoms with Crippen molar-refractivity contribution in [3.8, 4) is 11.1 Å². The van der Waals surface area contributed by atoms with Crippen molar-refractivity contribution in [3.05, 3.63) is 128 Å². The van der Waals surface area contributed by atoms with Crippen LogP contribution in [0.2, 0.25) is 5.02 Å². The number of nitrogens with zero attached hydrogens (tertiary/aromatic N) is 2. The van der Waals surface area contributed by atoms with Gasteiger partial charge in [0.1, 0.15) is 6.04 Å². The molecule has 2 atom stereocenters. The SMILES string of the molecule is Cc1cc(Cl)ccc1[C@@H](CC(N=O)c1ccc(=O)n(C)c1)c1ccc(-c2ccc(NS(C)(=O)=O)cc2)cc1. The Hall–Kier alpha value is -3.75. The highest BCUT2D eigenvalue weighted by Crippen LogP contribution is 2.38. The smallest absolute Gasteiger partial charge is 0.250 e. The van der Waals surface area contributed by atoms with Gasteiger partial charge in [-0.05, 0) is 77.1 Å². The van der Waals surface area contributed by atoms with Crippen molar-refractivity contribution in [2.75, 3.05) is 11.0 Å². The summed E-state index contributed by atoms with van der Waals surface area (Å²) in [5, 5.41) is 4.06. The number of rotatable bonds is 9. The molecule has 0 aliphatic heterocycles. The van der Waals surface area contributed by atoms with E-state index in [9.17, 15) is 18.1 Å². The number of halogens is 1. The lowest BCUT2D eigenvalue weighted by atomic mass is 9.82. The molecule has 0 radical (unpaired) electrons. The molecule has 0 saturated heterocycles. The highest BCUT2D eigenvalue weighted by molar-refractivity contribution is 7.92. The van der Waals surface area contributed by atoms with Gasteiger partial charge in [0.05, 0.1) is 6.26 Å². The van der Waals surface area contributed by atoms with E-state index in [1.54, 1.807) is 31.4 Å². The first kappa shape index (κ1) is 27.3. The predicted molar refractivity (Wildman–Crippen MR) is 153 cm³/mol. The Kier molecular flexibility index (Phi) is 8.14. The molecule has 4 aromatic rings. The Labute approximate surface area is 227 Å². The Morgan fingerprint density at radius 1 is 0.921 bits per heavy atom. The largest absolute Gasteiger partial charge is 0.318 e. The fraction of sp³-hybridized carbons (Fsp3) is 0.207. The zero-order valence-electron chi connectivity index (χ0n) is 21.3. The van der Waals surface area contributed by atoms with Crippen LogP contribution in [-0.2, 0) is 17.1 Å². The van der Waals surface area contributed by atoms with Crippen molar-refractivity contribution in [1.29, 1.82) is 0 Å². The van der Waals surface area contributed by atoms with Crippen molar-refractivity contribution < 1.29 is 8.42 Å². The van der Waals surface area contributed by atoms with E-state index in [1.165, 1.54) is 10.6 Å². The Morgan fingerprint density at radius 2 is 1.53 bits per heavy atom. The van der Waals surface area contributed by atoms with Gasteiger partial charge in [-0.2, -0.15) is 4.91 Å². The summed E-state index contributed by atoms with van der Waals surface area (Å²) in [6, 6.07) is 23.4. The number of nitroso groups, excluding NO2 is 1. The molecule has 9 heteroatoms. The number of anilines is 1. The van der Waals surface area contributed by atoms with Crippen LogP contribution in [0.25, 0.3) is 11.1 Å². The summed E-state index contributed by atoms with van der Waals surface area (Å²) in [4.78, 5) is 23.9. The summed E-state index contributed by atoms with van der Waals surface area (Å²) in [6.07, 6.45) is 3.18. The van der Waals surface area contributed by atoms with Crippen molar-refractivity contribution >= 4 is 27.3 Å². The van der Waals surface area contributed by atoms with Gasteiger partial charge in [0.2, 0.25) is 15.6 Å². The molecular formula is C29H28ClN3O4S. The van der Waals surface area contributed by atoms with Crippen LogP contribution in [0.1, 0.15) is 40.6 Å². The molecule has 196 valence electrons. The maximum atomic E-state index is 12.0. The van der Waals surface area contributed by atoms with E-state index in [-0.39, 0.29) is 11.5 Å². The monoisotopic (exact) mass is 549 g/mol. The van der Waals surface area contributed by atoms with Gasteiger partial charge in [-0.15, -0.1) is 0 Å². The average molecular weight is 550 g/mol. The van der Waals surface area contributed by atoms with Gasteiger partial charge in [0, 0.05) is 35.9 Å². The van der Waals surface area contributed by atoms with Crippen LogP contribution < -0.4 is 10.3 Å². The second-order valence-corrected chi connectivity index (χ2v) is 11.6. The number of nitrogens with one attached hydrogen (secondary N) is 1. The van der Waals surface area contributed by atoms with Crippen molar-refractivity contribution in [2.45, 2.75) is 25.3 Å². The van der Waals surface area contributed by atoms with Gasteiger partial charge in [-0.25, -0.2) is 8.42 Å². The highest BCUT2D eigenvalue weighted by atomic mass is 35.5. The third kappa shape index (κ3) is 6.57. The van der Waals surface area contributed by atoms with Gasteiger partial charge in [-0.3, -0.25) is 9.52 Å². The highest BCUT2D eigenvalue weighted by Gasteiger charge is 2.24. The first-order chi connectivity index (χ1) is 18.0. The zero-order chi connectivity index (χ0) is 27.4. The zero-order valence-corrected chi connectivity index (χ0v) is 22.8. The van der Waals surface area contributed by atoms with Gasteiger partial charge < -0.3 is 4.57 Å². The van der Waals surface area contributed by atoms with Crippen LogP contribution in [0.15, 0.2) is 95.0 Å². The molecular weight excluding hydrogens is 522 g/mol. The minimum atomic E-state index is -3.34. The molecule has 1 heterocycles. The quantitative estimate of drug-likeness (QED) is 0.244. The minimum absolute atomic E-state index is 0.150. The molecule has 7 nitrogen and oxygen atoms in total. The molecule has 0 spiro atoms.